The van der Waals surface area contributed by atoms with E-state index in [0.29, 0.717) is 5.92 Å². The van der Waals surface area contributed by atoms with Crippen LogP contribution in [0.25, 0.3) is 0 Å². The van der Waals surface area contributed by atoms with Crippen molar-refractivity contribution in [2.75, 3.05) is 6.61 Å². The number of esters is 1. The normalized spacial score (nSPS) is 25.9. The first-order valence-corrected chi connectivity index (χ1v) is 5.11. The zero-order valence-electron chi connectivity index (χ0n) is 8.71. The molecule has 14 heavy (non-hydrogen) atoms. The molecular weight excluding hydrogens is 182 g/mol. The molecule has 1 N–H and O–H groups in total. The largest absolute Gasteiger partial charge is 0.459 e. The van der Waals surface area contributed by atoms with Crippen molar-refractivity contribution in [3.05, 3.63) is 0 Å². The van der Waals surface area contributed by atoms with E-state index in [1.54, 1.807) is 6.92 Å². The highest BCUT2D eigenvalue weighted by Gasteiger charge is 2.25. The van der Waals surface area contributed by atoms with Crippen molar-refractivity contribution in [1.82, 2.24) is 5.32 Å². The first-order valence-electron chi connectivity index (χ1n) is 5.11. The smallest absolute Gasteiger partial charge is 0.396 e. The molecule has 0 aliphatic heterocycles. The molecule has 0 spiro atoms. The van der Waals surface area contributed by atoms with Crippen LogP contribution >= 0.6 is 0 Å². The summed E-state index contributed by atoms with van der Waals surface area (Å²) in [7, 11) is 0. The zero-order chi connectivity index (χ0) is 10.6. The Morgan fingerprint density at radius 2 is 2.14 bits per heavy atom. The van der Waals surface area contributed by atoms with Crippen molar-refractivity contribution in [2.24, 2.45) is 5.92 Å². The van der Waals surface area contributed by atoms with Crippen LogP contribution in [-0.2, 0) is 14.3 Å². The molecule has 0 aromatic carbocycles. The van der Waals surface area contributed by atoms with Gasteiger partial charge in [0.15, 0.2) is 0 Å². The molecule has 0 radical (unpaired) electrons. The van der Waals surface area contributed by atoms with E-state index in [-0.39, 0.29) is 12.6 Å². The minimum Gasteiger partial charge on any atom is -0.459 e. The number of nitrogens with one attached hydrogen (secondary N) is 1. The number of carbonyl (C=O) groups excluding carboxylic acids is 2. The second-order valence-electron chi connectivity index (χ2n) is 3.81. The molecule has 0 heterocycles. The highest BCUT2D eigenvalue weighted by molar-refractivity contribution is 6.32. The van der Waals surface area contributed by atoms with E-state index >= 15 is 0 Å². The van der Waals surface area contributed by atoms with Crippen LogP contribution in [0.1, 0.15) is 33.1 Å². The Kier molecular flexibility index (Phi) is 3.92. The van der Waals surface area contributed by atoms with Gasteiger partial charge in [-0.25, -0.2) is 4.79 Å². The van der Waals surface area contributed by atoms with Gasteiger partial charge in [-0.15, -0.1) is 0 Å². The number of rotatable bonds is 2. The van der Waals surface area contributed by atoms with Gasteiger partial charge >= 0.3 is 11.9 Å². The molecule has 80 valence electrons. The standard InChI is InChI=1S/C10H17NO3/c1-3-14-10(13)9(12)11-8-5-4-7(2)6-8/h7-8H,3-6H2,1-2H3,(H,11,12). The summed E-state index contributed by atoms with van der Waals surface area (Å²) < 4.78 is 4.59. The summed E-state index contributed by atoms with van der Waals surface area (Å²) in [6.07, 6.45) is 3.05. The van der Waals surface area contributed by atoms with Crippen LogP contribution < -0.4 is 5.32 Å². The number of hydrogen-bond donors (Lipinski definition) is 1. The molecule has 1 aliphatic carbocycles. The molecule has 2 atom stereocenters. The van der Waals surface area contributed by atoms with E-state index in [1.165, 1.54) is 0 Å². The molecule has 1 amide bonds. The third-order valence-electron chi connectivity index (χ3n) is 2.49. The first kappa shape index (κ1) is 11.0. The van der Waals surface area contributed by atoms with Crippen molar-refractivity contribution in [2.45, 2.75) is 39.2 Å². The molecule has 4 nitrogen and oxygen atoms in total. The van der Waals surface area contributed by atoms with Gasteiger partial charge in [-0.05, 0) is 32.1 Å². The van der Waals surface area contributed by atoms with Crippen molar-refractivity contribution in [3.8, 4) is 0 Å². The number of hydrogen-bond acceptors (Lipinski definition) is 3. The predicted octanol–water partition coefficient (Wildman–Crippen LogP) is 0.854. The van der Waals surface area contributed by atoms with Crippen LogP contribution in [0.2, 0.25) is 0 Å². The van der Waals surface area contributed by atoms with E-state index in [0.717, 1.165) is 19.3 Å². The number of ether oxygens (including phenoxy) is 1. The second kappa shape index (κ2) is 4.98. The van der Waals surface area contributed by atoms with Crippen LogP contribution in [-0.4, -0.2) is 24.5 Å². The fourth-order valence-electron chi connectivity index (χ4n) is 1.78. The monoisotopic (exact) mass is 199 g/mol. The van der Waals surface area contributed by atoms with E-state index in [4.69, 9.17) is 0 Å². The Bertz CT molecular complexity index is 227. The Morgan fingerprint density at radius 3 is 2.64 bits per heavy atom. The average molecular weight is 199 g/mol. The highest BCUT2D eigenvalue weighted by Crippen LogP contribution is 2.24. The van der Waals surface area contributed by atoms with Gasteiger partial charge in [-0.3, -0.25) is 4.79 Å². The van der Waals surface area contributed by atoms with Gasteiger partial charge in [0.05, 0.1) is 6.61 Å². The molecule has 4 heteroatoms. The second-order valence-corrected chi connectivity index (χ2v) is 3.81. The number of amides is 1. The summed E-state index contributed by atoms with van der Waals surface area (Å²) >= 11 is 0. The van der Waals surface area contributed by atoms with Crippen LogP contribution in [0, 0.1) is 5.92 Å². The Labute approximate surface area is 84.0 Å². The summed E-state index contributed by atoms with van der Waals surface area (Å²) in [6.45, 7) is 4.08. The Morgan fingerprint density at radius 1 is 1.43 bits per heavy atom. The van der Waals surface area contributed by atoms with E-state index in [9.17, 15) is 9.59 Å². The quantitative estimate of drug-likeness (QED) is 0.530. The molecular formula is C10H17NO3. The molecule has 0 bridgehead atoms. The van der Waals surface area contributed by atoms with Gasteiger partial charge < -0.3 is 10.1 Å². The van der Waals surface area contributed by atoms with Crippen molar-refractivity contribution in [1.29, 1.82) is 0 Å². The lowest BCUT2D eigenvalue weighted by atomic mass is 10.1. The fraction of sp³-hybridized carbons (Fsp3) is 0.800. The van der Waals surface area contributed by atoms with E-state index < -0.39 is 11.9 Å². The van der Waals surface area contributed by atoms with Gasteiger partial charge in [0.1, 0.15) is 0 Å². The summed E-state index contributed by atoms with van der Waals surface area (Å²) in [5.74, 6) is -0.736. The SMILES string of the molecule is CCOC(=O)C(=O)NC1CCC(C)C1. The number of carbonyl (C=O) groups is 2. The van der Waals surface area contributed by atoms with Crippen molar-refractivity contribution >= 4 is 11.9 Å². The minimum absolute atomic E-state index is 0.155. The molecule has 1 rings (SSSR count). The minimum atomic E-state index is -0.771. The third-order valence-corrected chi connectivity index (χ3v) is 2.49. The Hall–Kier alpha value is -1.06. The average Bonchev–Trinajstić information content (AvgIpc) is 2.51. The van der Waals surface area contributed by atoms with E-state index in [2.05, 4.69) is 17.0 Å². The Balaban J connectivity index is 2.30. The van der Waals surface area contributed by atoms with Crippen molar-refractivity contribution in [3.63, 3.8) is 0 Å². The molecule has 1 aliphatic rings. The summed E-state index contributed by atoms with van der Waals surface area (Å²) in [5, 5.41) is 2.68. The zero-order valence-corrected chi connectivity index (χ0v) is 8.71. The maximum atomic E-state index is 11.2. The van der Waals surface area contributed by atoms with Crippen LogP contribution in [0.3, 0.4) is 0 Å². The first-order chi connectivity index (χ1) is 6.63. The lowest BCUT2D eigenvalue weighted by Gasteiger charge is -2.11. The maximum absolute atomic E-state index is 11.2. The highest BCUT2D eigenvalue weighted by atomic mass is 16.5. The molecule has 2 unspecified atom stereocenters. The molecule has 0 aromatic rings. The summed E-state index contributed by atoms with van der Waals surface area (Å²) in [6, 6.07) is 0.155. The van der Waals surface area contributed by atoms with E-state index in [1.807, 2.05) is 0 Å². The van der Waals surface area contributed by atoms with Gasteiger partial charge in [-0.2, -0.15) is 0 Å². The van der Waals surface area contributed by atoms with Gasteiger partial charge in [-0.1, -0.05) is 6.92 Å². The summed E-state index contributed by atoms with van der Waals surface area (Å²) in [5.41, 5.74) is 0. The molecule has 1 saturated carbocycles. The van der Waals surface area contributed by atoms with Crippen LogP contribution in [0.4, 0.5) is 0 Å². The third kappa shape index (κ3) is 3.01. The predicted molar refractivity (Wildman–Crippen MR) is 51.6 cm³/mol. The lowest BCUT2D eigenvalue weighted by molar-refractivity contribution is -0.154. The maximum Gasteiger partial charge on any atom is 0.396 e. The van der Waals surface area contributed by atoms with Crippen LogP contribution in [0.15, 0.2) is 0 Å². The van der Waals surface area contributed by atoms with Gasteiger partial charge in [0, 0.05) is 6.04 Å². The molecule has 0 aromatic heterocycles. The fourth-order valence-corrected chi connectivity index (χ4v) is 1.78. The van der Waals surface area contributed by atoms with Crippen LogP contribution in [0.5, 0.6) is 0 Å². The molecule has 0 saturated heterocycles. The lowest BCUT2D eigenvalue weighted by Crippen LogP contribution is -2.38. The van der Waals surface area contributed by atoms with Gasteiger partial charge in [0.2, 0.25) is 0 Å². The topological polar surface area (TPSA) is 55.4 Å². The summed E-state index contributed by atoms with van der Waals surface area (Å²) in [4.78, 5) is 22.2. The van der Waals surface area contributed by atoms with Gasteiger partial charge in [0.25, 0.3) is 0 Å². The van der Waals surface area contributed by atoms with Crippen molar-refractivity contribution < 1.29 is 14.3 Å². The molecule has 1 fully saturated rings.